The van der Waals surface area contributed by atoms with E-state index in [1.807, 2.05) is 0 Å². The van der Waals surface area contributed by atoms with Gasteiger partial charge in [-0.1, -0.05) is 245 Å². The Balaban J connectivity index is 4.19. The van der Waals surface area contributed by atoms with Gasteiger partial charge in [-0.3, -0.25) is 14.4 Å². The van der Waals surface area contributed by atoms with Crippen molar-refractivity contribution in [1.82, 2.24) is 0 Å². The van der Waals surface area contributed by atoms with Gasteiger partial charge >= 0.3 is 17.9 Å². The number of carbonyl (C=O) groups excluding carboxylic acids is 3. The van der Waals surface area contributed by atoms with E-state index in [0.717, 1.165) is 135 Å². The van der Waals surface area contributed by atoms with E-state index >= 15 is 0 Å². The number of esters is 3. The highest BCUT2D eigenvalue weighted by atomic mass is 16.6. The lowest BCUT2D eigenvalue weighted by atomic mass is 10.1. The van der Waals surface area contributed by atoms with Crippen molar-refractivity contribution >= 4 is 17.9 Å². The summed E-state index contributed by atoms with van der Waals surface area (Å²) in [5, 5.41) is 0. The summed E-state index contributed by atoms with van der Waals surface area (Å²) in [5.41, 5.74) is 0. The summed E-state index contributed by atoms with van der Waals surface area (Å²) in [6.45, 7) is 6.40. The van der Waals surface area contributed by atoms with Crippen LogP contribution in [0.5, 0.6) is 0 Å². The predicted octanol–water partition coefficient (Wildman–Crippen LogP) is 20.0. The summed E-state index contributed by atoms with van der Waals surface area (Å²) in [6, 6.07) is 0. The quantitative estimate of drug-likeness (QED) is 0.0261. The third-order valence-corrected chi connectivity index (χ3v) is 12.2. The van der Waals surface area contributed by atoms with Gasteiger partial charge in [-0.2, -0.15) is 0 Å². The molecule has 0 amide bonds. The van der Waals surface area contributed by atoms with Crippen LogP contribution in [0.25, 0.3) is 0 Å². The fourth-order valence-corrected chi connectivity index (χ4v) is 7.78. The fraction of sp³-hybridized carbons (Fsp3) is 0.652. The molecule has 0 fully saturated rings. The zero-order valence-corrected chi connectivity index (χ0v) is 46.7. The summed E-state index contributed by atoms with van der Waals surface area (Å²) < 4.78 is 16.7. The molecule has 0 aliphatic rings. The molecule has 0 aromatic rings. The molecule has 0 aliphatic carbocycles. The van der Waals surface area contributed by atoms with Gasteiger partial charge in [-0.25, -0.2) is 0 Å². The minimum absolute atomic E-state index is 0.0928. The minimum Gasteiger partial charge on any atom is -0.462 e. The van der Waals surface area contributed by atoms with E-state index in [-0.39, 0.29) is 31.1 Å². The molecule has 0 aliphatic heterocycles. The first-order chi connectivity index (χ1) is 35.5. The Kier molecular flexibility index (Phi) is 55.9. The van der Waals surface area contributed by atoms with E-state index in [9.17, 15) is 14.4 Å². The van der Waals surface area contributed by atoms with Crippen LogP contribution < -0.4 is 0 Å². The smallest absolute Gasteiger partial charge is 0.306 e. The Hall–Kier alpha value is -4.19. The number of hydrogen-bond donors (Lipinski definition) is 0. The Labute approximate surface area is 443 Å². The summed E-state index contributed by atoms with van der Waals surface area (Å²) in [4.78, 5) is 37.8. The highest BCUT2D eigenvalue weighted by Crippen LogP contribution is 2.14. The Morgan fingerprint density at radius 1 is 0.292 bits per heavy atom. The predicted molar refractivity (Wildman–Crippen MR) is 311 cm³/mol. The molecule has 1 unspecified atom stereocenters. The van der Waals surface area contributed by atoms with Gasteiger partial charge in [-0.15, -0.1) is 0 Å². The lowest BCUT2D eigenvalue weighted by Crippen LogP contribution is -2.30. The number of unbranched alkanes of at least 4 members (excludes halogenated alkanes) is 21. The second-order valence-corrected chi connectivity index (χ2v) is 19.2. The lowest BCUT2D eigenvalue weighted by Gasteiger charge is -2.18. The van der Waals surface area contributed by atoms with Crippen molar-refractivity contribution in [3.05, 3.63) is 122 Å². The molecule has 0 rings (SSSR count). The third-order valence-electron chi connectivity index (χ3n) is 12.2. The molecule has 0 aromatic carbocycles. The van der Waals surface area contributed by atoms with Gasteiger partial charge in [0.25, 0.3) is 0 Å². The first kappa shape index (κ1) is 67.8. The normalized spacial score (nSPS) is 13.0. The molecule has 0 saturated heterocycles. The Morgan fingerprint density at radius 3 is 0.875 bits per heavy atom. The Morgan fingerprint density at radius 2 is 0.542 bits per heavy atom. The average Bonchev–Trinajstić information content (AvgIpc) is 3.38. The molecule has 0 radical (unpaired) electrons. The minimum atomic E-state index is -0.793. The van der Waals surface area contributed by atoms with Crippen molar-refractivity contribution in [2.24, 2.45) is 0 Å². The molecular weight excluding hydrogens is 889 g/mol. The van der Waals surface area contributed by atoms with Crippen molar-refractivity contribution in [1.29, 1.82) is 0 Å². The molecule has 408 valence electrons. The van der Waals surface area contributed by atoms with E-state index in [4.69, 9.17) is 14.2 Å². The van der Waals surface area contributed by atoms with Gasteiger partial charge in [0.05, 0.1) is 0 Å². The number of rotatable bonds is 52. The zero-order chi connectivity index (χ0) is 52.2. The van der Waals surface area contributed by atoms with Crippen LogP contribution in [0.4, 0.5) is 0 Å². The summed E-state index contributed by atoms with van der Waals surface area (Å²) in [5.74, 6) is -0.947. The van der Waals surface area contributed by atoms with Gasteiger partial charge in [0.2, 0.25) is 0 Å². The molecule has 0 bridgehead atoms. The van der Waals surface area contributed by atoms with Crippen molar-refractivity contribution in [3.8, 4) is 0 Å². The molecule has 0 heterocycles. The van der Waals surface area contributed by atoms with E-state index in [0.29, 0.717) is 19.3 Å². The van der Waals surface area contributed by atoms with Crippen LogP contribution >= 0.6 is 0 Å². The maximum Gasteiger partial charge on any atom is 0.306 e. The van der Waals surface area contributed by atoms with Gasteiger partial charge in [0.15, 0.2) is 6.10 Å². The van der Waals surface area contributed by atoms with Crippen LogP contribution in [0.1, 0.15) is 258 Å². The van der Waals surface area contributed by atoms with E-state index in [1.54, 1.807) is 0 Å². The summed E-state index contributed by atoms with van der Waals surface area (Å²) >= 11 is 0. The maximum absolute atomic E-state index is 12.8. The molecule has 0 aromatic heterocycles. The fourth-order valence-electron chi connectivity index (χ4n) is 7.78. The molecule has 0 spiro atoms. The molecule has 0 saturated carbocycles. The summed E-state index contributed by atoms with van der Waals surface area (Å²) in [7, 11) is 0. The second-order valence-electron chi connectivity index (χ2n) is 19.2. The van der Waals surface area contributed by atoms with Gasteiger partial charge in [0, 0.05) is 19.3 Å². The topological polar surface area (TPSA) is 78.9 Å². The highest BCUT2D eigenvalue weighted by Gasteiger charge is 2.19. The monoisotopic (exact) mass is 997 g/mol. The number of hydrogen-bond acceptors (Lipinski definition) is 6. The first-order valence-corrected chi connectivity index (χ1v) is 29.5. The molecule has 1 atom stereocenters. The van der Waals surface area contributed by atoms with Crippen LogP contribution in [0.3, 0.4) is 0 Å². The van der Waals surface area contributed by atoms with Crippen LogP contribution in [-0.2, 0) is 28.6 Å². The van der Waals surface area contributed by atoms with Crippen molar-refractivity contribution in [2.75, 3.05) is 13.2 Å². The van der Waals surface area contributed by atoms with E-state index in [2.05, 4.69) is 142 Å². The van der Waals surface area contributed by atoms with E-state index in [1.165, 1.54) is 83.5 Å². The maximum atomic E-state index is 12.8. The molecule has 0 N–H and O–H groups in total. The van der Waals surface area contributed by atoms with Crippen LogP contribution in [0.15, 0.2) is 122 Å². The van der Waals surface area contributed by atoms with Gasteiger partial charge in [0.1, 0.15) is 13.2 Å². The molecule has 72 heavy (non-hydrogen) atoms. The van der Waals surface area contributed by atoms with Crippen molar-refractivity contribution < 1.29 is 28.6 Å². The number of ether oxygens (including phenoxy) is 3. The van der Waals surface area contributed by atoms with Gasteiger partial charge in [-0.05, 0) is 116 Å². The second kappa shape index (κ2) is 59.4. The summed E-state index contributed by atoms with van der Waals surface area (Å²) in [6.07, 6.45) is 82.4. The third kappa shape index (κ3) is 56.7. The number of allylic oxidation sites excluding steroid dienone is 20. The standard InChI is InChI=1S/C66H108O6/c1-4-7-10-13-15-17-19-21-23-25-27-28-29-30-31-32-33-34-35-36-37-38-39-41-42-44-46-48-50-53-56-59-65(68)71-62-63(61-70-64(67)58-55-52-12-9-6-3)72-66(69)60-57-54-51-49-47-45-43-40-26-24-22-20-18-16-14-11-8-5-2/h7,10,15,17,21,23-24,26-28,30-31,33-34,36-37,39,41,44,46,63H,4-6,8-9,11-14,16,18-20,22,25,29,32,35,38,40,42-43,45,47-62H2,1-3H3/b10-7-,17-15-,23-21-,26-24-,28-27-,31-30-,34-33-,37-36-,41-39-,46-44-. The van der Waals surface area contributed by atoms with Crippen molar-refractivity contribution in [2.45, 2.75) is 264 Å². The van der Waals surface area contributed by atoms with Gasteiger partial charge < -0.3 is 14.2 Å². The van der Waals surface area contributed by atoms with Crippen LogP contribution in [0, 0.1) is 0 Å². The van der Waals surface area contributed by atoms with Crippen LogP contribution in [-0.4, -0.2) is 37.2 Å². The largest absolute Gasteiger partial charge is 0.462 e. The first-order valence-electron chi connectivity index (χ1n) is 29.5. The highest BCUT2D eigenvalue weighted by molar-refractivity contribution is 5.71. The van der Waals surface area contributed by atoms with Crippen molar-refractivity contribution in [3.63, 3.8) is 0 Å². The lowest BCUT2D eigenvalue weighted by molar-refractivity contribution is -0.167. The van der Waals surface area contributed by atoms with E-state index < -0.39 is 6.10 Å². The Bertz CT molecular complexity index is 1520. The zero-order valence-electron chi connectivity index (χ0n) is 46.7. The molecule has 6 nitrogen and oxygen atoms in total. The molecular formula is C66H108O6. The molecule has 6 heteroatoms. The number of carbonyl (C=O) groups is 3. The van der Waals surface area contributed by atoms with Crippen LogP contribution in [0.2, 0.25) is 0 Å². The SMILES string of the molecule is CC/C=C\C/C=C\C/C=C\C/C=C\C/C=C\C/C=C\C/C=C\C/C=C\C/C=C\CCCCCC(=O)OCC(COC(=O)CCCCCCC)OC(=O)CCCCCCCCC/C=C\CCCCCCCCC. The average molecular weight is 998 g/mol.